The van der Waals surface area contributed by atoms with Gasteiger partial charge < -0.3 is 14.2 Å². The normalized spacial score (nSPS) is 11.2. The standard InChI is InChI=1S/C22H26N4O3/c1-15(2)18-7-5-16(3)11-20(18)29-10-9-28-19-8-6-17(12-21(19)27-4)13-23-22-24-14-25-26-22/h5-8,11-15H,9-10H2,1-4H3,(H,24,25,26)/b23-13+. The van der Waals surface area contributed by atoms with Crippen LogP contribution >= 0.6 is 0 Å². The number of aliphatic imine (C=N–C) groups is 1. The maximum Gasteiger partial charge on any atom is 0.245 e. The SMILES string of the molecule is COc1cc(/C=N/c2ncn[nH]2)ccc1OCCOc1cc(C)ccc1C(C)C. The Kier molecular flexibility index (Phi) is 6.84. The molecule has 7 heteroatoms. The lowest BCUT2D eigenvalue weighted by atomic mass is 10.0. The molecule has 0 atom stereocenters. The predicted molar refractivity (Wildman–Crippen MR) is 113 cm³/mol. The quantitative estimate of drug-likeness (QED) is 0.428. The smallest absolute Gasteiger partial charge is 0.245 e. The van der Waals surface area contributed by atoms with E-state index in [9.17, 15) is 0 Å². The Morgan fingerprint density at radius 3 is 2.52 bits per heavy atom. The summed E-state index contributed by atoms with van der Waals surface area (Å²) < 4.78 is 17.3. The van der Waals surface area contributed by atoms with Crippen molar-refractivity contribution in [1.82, 2.24) is 15.2 Å². The van der Waals surface area contributed by atoms with Gasteiger partial charge in [-0.1, -0.05) is 26.0 Å². The summed E-state index contributed by atoms with van der Waals surface area (Å²) >= 11 is 0. The van der Waals surface area contributed by atoms with Crippen molar-refractivity contribution in [3.05, 3.63) is 59.4 Å². The summed E-state index contributed by atoms with van der Waals surface area (Å²) in [6, 6.07) is 11.9. The fourth-order valence-electron chi connectivity index (χ4n) is 2.83. The van der Waals surface area contributed by atoms with Crippen LogP contribution in [-0.2, 0) is 0 Å². The monoisotopic (exact) mass is 394 g/mol. The molecule has 2 aromatic carbocycles. The largest absolute Gasteiger partial charge is 0.493 e. The molecule has 0 aliphatic heterocycles. The number of nitrogens with zero attached hydrogens (tertiary/aromatic N) is 3. The van der Waals surface area contributed by atoms with E-state index < -0.39 is 0 Å². The Labute approximate surface area is 170 Å². The second-order valence-corrected chi connectivity index (χ2v) is 6.87. The molecule has 152 valence electrons. The van der Waals surface area contributed by atoms with Crippen molar-refractivity contribution in [2.24, 2.45) is 4.99 Å². The molecule has 0 saturated carbocycles. The number of methoxy groups -OCH3 is 1. The highest BCUT2D eigenvalue weighted by Crippen LogP contribution is 2.29. The molecule has 1 N–H and O–H groups in total. The lowest BCUT2D eigenvalue weighted by molar-refractivity contribution is 0.210. The van der Waals surface area contributed by atoms with Crippen LogP contribution in [-0.4, -0.2) is 41.7 Å². The molecular formula is C22H26N4O3. The van der Waals surface area contributed by atoms with Crippen LogP contribution in [0, 0.1) is 6.92 Å². The Bertz CT molecular complexity index is 953. The van der Waals surface area contributed by atoms with E-state index in [0.29, 0.717) is 36.6 Å². The van der Waals surface area contributed by atoms with Crippen LogP contribution in [0.2, 0.25) is 0 Å². The van der Waals surface area contributed by atoms with Crippen molar-refractivity contribution in [3.8, 4) is 17.2 Å². The van der Waals surface area contributed by atoms with E-state index in [4.69, 9.17) is 14.2 Å². The van der Waals surface area contributed by atoms with Gasteiger partial charge in [-0.15, -0.1) is 0 Å². The Hall–Kier alpha value is -3.35. The Morgan fingerprint density at radius 1 is 1.03 bits per heavy atom. The minimum atomic E-state index is 0.401. The van der Waals surface area contributed by atoms with Crippen molar-refractivity contribution >= 4 is 12.2 Å². The van der Waals surface area contributed by atoms with Crippen molar-refractivity contribution in [1.29, 1.82) is 0 Å². The van der Waals surface area contributed by atoms with Crippen molar-refractivity contribution in [3.63, 3.8) is 0 Å². The van der Waals surface area contributed by atoms with E-state index in [1.165, 1.54) is 17.5 Å². The average molecular weight is 394 g/mol. The van der Waals surface area contributed by atoms with Gasteiger partial charge in [0.1, 0.15) is 25.3 Å². The first-order valence-corrected chi connectivity index (χ1v) is 9.50. The van der Waals surface area contributed by atoms with Gasteiger partial charge in [0.2, 0.25) is 5.95 Å². The molecule has 0 saturated heterocycles. The number of aromatic amines is 1. The van der Waals surface area contributed by atoms with E-state index in [0.717, 1.165) is 11.3 Å². The minimum Gasteiger partial charge on any atom is -0.493 e. The zero-order valence-corrected chi connectivity index (χ0v) is 17.2. The molecule has 3 aromatic rings. The number of aromatic nitrogens is 3. The number of hydrogen-bond donors (Lipinski definition) is 1. The minimum absolute atomic E-state index is 0.401. The van der Waals surface area contributed by atoms with E-state index >= 15 is 0 Å². The lowest BCUT2D eigenvalue weighted by Crippen LogP contribution is -2.11. The number of ether oxygens (including phenoxy) is 3. The second kappa shape index (κ2) is 9.73. The fraction of sp³-hybridized carbons (Fsp3) is 0.318. The summed E-state index contributed by atoms with van der Waals surface area (Å²) in [5.74, 6) is 3.04. The molecule has 0 bridgehead atoms. The summed E-state index contributed by atoms with van der Waals surface area (Å²) in [5.41, 5.74) is 3.24. The third kappa shape index (κ3) is 5.57. The number of H-pyrrole nitrogens is 1. The third-order valence-corrected chi connectivity index (χ3v) is 4.32. The molecule has 0 aliphatic rings. The van der Waals surface area contributed by atoms with Crippen LogP contribution < -0.4 is 14.2 Å². The first kappa shape index (κ1) is 20.4. The van der Waals surface area contributed by atoms with Crippen LogP contribution in [0.4, 0.5) is 5.95 Å². The van der Waals surface area contributed by atoms with Crippen LogP contribution in [0.25, 0.3) is 0 Å². The van der Waals surface area contributed by atoms with E-state index in [-0.39, 0.29) is 0 Å². The lowest BCUT2D eigenvalue weighted by Gasteiger charge is -2.16. The molecule has 1 aromatic heterocycles. The predicted octanol–water partition coefficient (Wildman–Crippen LogP) is 4.45. The molecule has 1 heterocycles. The first-order chi connectivity index (χ1) is 14.1. The van der Waals surface area contributed by atoms with Crippen LogP contribution in [0.5, 0.6) is 17.2 Å². The number of benzene rings is 2. The van der Waals surface area contributed by atoms with Gasteiger partial charge in [0, 0.05) is 6.21 Å². The number of nitrogens with one attached hydrogen (secondary N) is 1. The van der Waals surface area contributed by atoms with Crippen LogP contribution in [0.15, 0.2) is 47.7 Å². The summed E-state index contributed by atoms with van der Waals surface area (Å²) in [6.07, 6.45) is 3.09. The fourth-order valence-corrected chi connectivity index (χ4v) is 2.83. The van der Waals surface area contributed by atoms with Gasteiger partial charge in [-0.25, -0.2) is 10.1 Å². The van der Waals surface area contributed by atoms with E-state index in [1.54, 1.807) is 13.3 Å². The Balaban J connectivity index is 1.59. The van der Waals surface area contributed by atoms with Gasteiger partial charge in [0.25, 0.3) is 0 Å². The molecule has 0 unspecified atom stereocenters. The molecule has 3 rings (SSSR count). The van der Waals surface area contributed by atoms with Gasteiger partial charge in [-0.05, 0) is 53.8 Å². The van der Waals surface area contributed by atoms with Gasteiger partial charge in [-0.2, -0.15) is 10.1 Å². The summed E-state index contributed by atoms with van der Waals surface area (Å²) in [5, 5.41) is 6.44. The Morgan fingerprint density at radius 2 is 1.83 bits per heavy atom. The highest BCUT2D eigenvalue weighted by molar-refractivity contribution is 5.82. The molecular weight excluding hydrogens is 368 g/mol. The molecule has 0 fully saturated rings. The second-order valence-electron chi connectivity index (χ2n) is 6.87. The summed E-state index contributed by atoms with van der Waals surface area (Å²) in [7, 11) is 1.61. The molecule has 29 heavy (non-hydrogen) atoms. The molecule has 7 nitrogen and oxygen atoms in total. The maximum atomic E-state index is 5.97. The van der Waals surface area contributed by atoms with Crippen molar-refractivity contribution < 1.29 is 14.2 Å². The van der Waals surface area contributed by atoms with E-state index in [1.807, 2.05) is 18.2 Å². The van der Waals surface area contributed by atoms with E-state index in [2.05, 4.69) is 59.1 Å². The number of aryl methyl sites for hydroxylation is 1. The van der Waals surface area contributed by atoms with Crippen LogP contribution in [0.1, 0.15) is 36.5 Å². The van der Waals surface area contributed by atoms with Crippen molar-refractivity contribution in [2.45, 2.75) is 26.7 Å². The topological polar surface area (TPSA) is 81.6 Å². The molecule has 0 radical (unpaired) electrons. The number of hydrogen-bond acceptors (Lipinski definition) is 6. The van der Waals surface area contributed by atoms with Gasteiger partial charge >= 0.3 is 0 Å². The third-order valence-electron chi connectivity index (χ3n) is 4.32. The van der Waals surface area contributed by atoms with Crippen molar-refractivity contribution in [2.75, 3.05) is 20.3 Å². The highest BCUT2D eigenvalue weighted by atomic mass is 16.5. The van der Waals surface area contributed by atoms with Crippen LogP contribution in [0.3, 0.4) is 0 Å². The van der Waals surface area contributed by atoms with Gasteiger partial charge in [0.15, 0.2) is 11.5 Å². The summed E-state index contributed by atoms with van der Waals surface area (Å²) in [4.78, 5) is 8.16. The molecule has 0 aliphatic carbocycles. The first-order valence-electron chi connectivity index (χ1n) is 9.50. The molecule has 0 spiro atoms. The zero-order chi connectivity index (χ0) is 20.6. The van der Waals surface area contributed by atoms with Gasteiger partial charge in [0.05, 0.1) is 7.11 Å². The zero-order valence-electron chi connectivity index (χ0n) is 17.2. The average Bonchev–Trinajstić information content (AvgIpc) is 3.23. The molecule has 0 amide bonds. The number of rotatable bonds is 9. The van der Waals surface area contributed by atoms with Gasteiger partial charge in [-0.3, -0.25) is 0 Å². The maximum absolute atomic E-state index is 5.97. The summed E-state index contributed by atoms with van der Waals surface area (Å²) in [6.45, 7) is 7.23. The highest BCUT2D eigenvalue weighted by Gasteiger charge is 2.09.